The van der Waals surface area contributed by atoms with Crippen LogP contribution in [0.3, 0.4) is 0 Å². The van der Waals surface area contributed by atoms with Gasteiger partial charge in [-0.15, -0.1) is 0 Å². The molecule has 94 valence electrons. The number of nitrogens with two attached hydrogens (primary N) is 1. The normalized spacial score (nSPS) is 10.3. The Balaban J connectivity index is 2.19. The maximum Gasteiger partial charge on any atom is 0.128 e. The summed E-state index contributed by atoms with van der Waals surface area (Å²) < 4.78 is 0. The van der Waals surface area contributed by atoms with Gasteiger partial charge in [-0.05, 0) is 30.2 Å². The first-order valence-electron chi connectivity index (χ1n) is 6.30. The van der Waals surface area contributed by atoms with Crippen molar-refractivity contribution in [3.63, 3.8) is 0 Å². The summed E-state index contributed by atoms with van der Waals surface area (Å²) in [6.45, 7) is 3.95. The molecule has 3 nitrogen and oxygen atoms in total. The van der Waals surface area contributed by atoms with Crippen LogP contribution in [0.4, 0.5) is 11.5 Å². The minimum Gasteiger partial charge on any atom is -0.398 e. The largest absolute Gasteiger partial charge is 0.398 e. The zero-order chi connectivity index (χ0) is 12.8. The third-order valence-electron chi connectivity index (χ3n) is 2.88. The number of rotatable bonds is 5. The van der Waals surface area contributed by atoms with Crippen LogP contribution in [0.5, 0.6) is 0 Å². The lowest BCUT2D eigenvalue weighted by Gasteiger charge is -2.23. The molecule has 2 rings (SSSR count). The Bertz CT molecular complexity index is 482. The van der Waals surface area contributed by atoms with Gasteiger partial charge in [-0.25, -0.2) is 4.98 Å². The lowest BCUT2D eigenvalue weighted by atomic mass is 10.1. The molecule has 18 heavy (non-hydrogen) atoms. The van der Waals surface area contributed by atoms with E-state index in [2.05, 4.69) is 22.9 Å². The van der Waals surface area contributed by atoms with Crippen molar-refractivity contribution in [2.24, 2.45) is 0 Å². The van der Waals surface area contributed by atoms with E-state index in [-0.39, 0.29) is 0 Å². The summed E-state index contributed by atoms with van der Waals surface area (Å²) in [4.78, 5) is 6.66. The summed E-state index contributed by atoms with van der Waals surface area (Å²) in [7, 11) is 0. The molecule has 0 bridgehead atoms. The Morgan fingerprint density at radius 2 is 1.89 bits per heavy atom. The molecule has 0 atom stereocenters. The van der Waals surface area contributed by atoms with E-state index in [9.17, 15) is 0 Å². The fourth-order valence-electron chi connectivity index (χ4n) is 1.97. The highest BCUT2D eigenvalue weighted by atomic mass is 15.2. The van der Waals surface area contributed by atoms with E-state index >= 15 is 0 Å². The van der Waals surface area contributed by atoms with E-state index in [1.807, 2.05) is 42.6 Å². The van der Waals surface area contributed by atoms with Crippen molar-refractivity contribution in [3.8, 4) is 0 Å². The molecular formula is C15H19N3. The number of pyridine rings is 1. The van der Waals surface area contributed by atoms with Crippen molar-refractivity contribution in [1.82, 2.24) is 4.98 Å². The maximum atomic E-state index is 6.00. The van der Waals surface area contributed by atoms with Gasteiger partial charge < -0.3 is 10.6 Å². The third kappa shape index (κ3) is 3.00. The molecule has 1 aromatic heterocycles. The number of benzene rings is 1. The van der Waals surface area contributed by atoms with Crippen LogP contribution in [0.2, 0.25) is 0 Å². The number of para-hydroxylation sites is 1. The lowest BCUT2D eigenvalue weighted by Crippen LogP contribution is -2.24. The molecular weight excluding hydrogens is 222 g/mol. The van der Waals surface area contributed by atoms with Gasteiger partial charge in [-0.3, -0.25) is 0 Å². The Morgan fingerprint density at radius 1 is 1.11 bits per heavy atom. The number of nitrogens with zero attached hydrogens (tertiary/aromatic N) is 2. The van der Waals surface area contributed by atoms with Crippen LogP contribution in [-0.2, 0) is 6.54 Å². The van der Waals surface area contributed by atoms with Crippen molar-refractivity contribution in [2.75, 3.05) is 17.2 Å². The van der Waals surface area contributed by atoms with Gasteiger partial charge >= 0.3 is 0 Å². The zero-order valence-corrected chi connectivity index (χ0v) is 10.7. The van der Waals surface area contributed by atoms with Crippen LogP contribution in [0.25, 0.3) is 0 Å². The number of nitrogen functional groups attached to an aromatic ring is 1. The highest BCUT2D eigenvalue weighted by Crippen LogP contribution is 2.18. The third-order valence-corrected chi connectivity index (χ3v) is 2.88. The van der Waals surface area contributed by atoms with Crippen molar-refractivity contribution in [1.29, 1.82) is 0 Å². The fraction of sp³-hybridized carbons (Fsp3) is 0.267. The predicted molar refractivity (Wildman–Crippen MR) is 76.4 cm³/mol. The van der Waals surface area contributed by atoms with Crippen molar-refractivity contribution >= 4 is 11.5 Å². The number of anilines is 2. The van der Waals surface area contributed by atoms with Crippen molar-refractivity contribution < 1.29 is 0 Å². The molecule has 2 aromatic rings. The minimum atomic E-state index is 0.803. The predicted octanol–water partition coefficient (Wildman–Crippen LogP) is 3.08. The van der Waals surface area contributed by atoms with E-state index in [1.165, 1.54) is 0 Å². The van der Waals surface area contributed by atoms with Crippen LogP contribution in [-0.4, -0.2) is 11.5 Å². The second-order valence-corrected chi connectivity index (χ2v) is 4.31. The maximum absolute atomic E-state index is 6.00. The second kappa shape index (κ2) is 6.05. The number of hydrogen-bond acceptors (Lipinski definition) is 3. The molecule has 3 heteroatoms. The fourth-order valence-corrected chi connectivity index (χ4v) is 1.97. The molecule has 0 aliphatic carbocycles. The molecule has 1 heterocycles. The van der Waals surface area contributed by atoms with Crippen LogP contribution in [0, 0.1) is 0 Å². The van der Waals surface area contributed by atoms with E-state index in [0.717, 1.165) is 36.6 Å². The standard InChI is InChI=1S/C15H19N3/c1-2-11-18(15-9-5-6-10-17-15)12-13-7-3-4-8-14(13)16/h3-10H,2,11-12,16H2,1H3. The smallest absolute Gasteiger partial charge is 0.128 e. The SMILES string of the molecule is CCCN(Cc1ccccc1N)c1ccccn1. The highest BCUT2D eigenvalue weighted by Gasteiger charge is 2.08. The first kappa shape index (κ1) is 12.4. The highest BCUT2D eigenvalue weighted by molar-refractivity contribution is 5.49. The van der Waals surface area contributed by atoms with E-state index in [1.54, 1.807) is 0 Å². The topological polar surface area (TPSA) is 42.1 Å². The van der Waals surface area contributed by atoms with E-state index in [0.29, 0.717) is 0 Å². The molecule has 0 radical (unpaired) electrons. The van der Waals surface area contributed by atoms with Crippen molar-refractivity contribution in [2.45, 2.75) is 19.9 Å². The summed E-state index contributed by atoms with van der Waals surface area (Å²) in [6.07, 6.45) is 2.91. The van der Waals surface area contributed by atoms with Crippen molar-refractivity contribution in [3.05, 3.63) is 54.2 Å². The van der Waals surface area contributed by atoms with Gasteiger partial charge in [0, 0.05) is 25.0 Å². The van der Waals surface area contributed by atoms with Gasteiger partial charge in [0.15, 0.2) is 0 Å². The lowest BCUT2D eigenvalue weighted by molar-refractivity contribution is 0.756. The first-order valence-corrected chi connectivity index (χ1v) is 6.30. The average Bonchev–Trinajstić information content (AvgIpc) is 2.42. The summed E-state index contributed by atoms with van der Waals surface area (Å²) in [5.41, 5.74) is 7.99. The minimum absolute atomic E-state index is 0.803. The summed E-state index contributed by atoms with van der Waals surface area (Å²) in [5.74, 6) is 1.00. The molecule has 2 N–H and O–H groups in total. The molecule has 0 amide bonds. The van der Waals surface area contributed by atoms with Crippen LogP contribution in [0.15, 0.2) is 48.7 Å². The molecule has 0 unspecified atom stereocenters. The van der Waals surface area contributed by atoms with Gasteiger partial charge in [-0.1, -0.05) is 31.2 Å². The van der Waals surface area contributed by atoms with Gasteiger partial charge in [0.1, 0.15) is 5.82 Å². The molecule has 0 saturated carbocycles. The Kier molecular flexibility index (Phi) is 4.18. The van der Waals surface area contributed by atoms with Gasteiger partial charge in [0.05, 0.1) is 0 Å². The summed E-state index contributed by atoms with van der Waals surface area (Å²) >= 11 is 0. The van der Waals surface area contributed by atoms with Gasteiger partial charge in [0.25, 0.3) is 0 Å². The molecule has 0 spiro atoms. The molecule has 0 aliphatic rings. The quantitative estimate of drug-likeness (QED) is 0.818. The van der Waals surface area contributed by atoms with Crippen LogP contribution >= 0.6 is 0 Å². The molecule has 0 fully saturated rings. The van der Waals surface area contributed by atoms with Gasteiger partial charge in [-0.2, -0.15) is 0 Å². The Morgan fingerprint density at radius 3 is 2.56 bits per heavy atom. The number of hydrogen-bond donors (Lipinski definition) is 1. The summed E-state index contributed by atoms with van der Waals surface area (Å²) in [5, 5.41) is 0. The van der Waals surface area contributed by atoms with Crippen LogP contribution in [0.1, 0.15) is 18.9 Å². The van der Waals surface area contributed by atoms with Gasteiger partial charge in [0.2, 0.25) is 0 Å². The van der Waals surface area contributed by atoms with E-state index < -0.39 is 0 Å². The first-order chi connectivity index (χ1) is 8.81. The summed E-state index contributed by atoms with van der Waals surface area (Å²) in [6, 6.07) is 14.0. The zero-order valence-electron chi connectivity index (χ0n) is 10.7. The Labute approximate surface area is 108 Å². The molecule has 0 saturated heterocycles. The monoisotopic (exact) mass is 241 g/mol. The van der Waals surface area contributed by atoms with E-state index in [4.69, 9.17) is 5.73 Å². The van der Waals surface area contributed by atoms with Crippen LogP contribution < -0.4 is 10.6 Å². The average molecular weight is 241 g/mol. The Hall–Kier alpha value is -2.03. The number of aromatic nitrogens is 1. The molecule has 0 aliphatic heterocycles. The second-order valence-electron chi connectivity index (χ2n) is 4.31. The molecule has 1 aromatic carbocycles.